The highest BCUT2D eigenvalue weighted by molar-refractivity contribution is 5.99. The third kappa shape index (κ3) is 4.95. The number of hydrogen-bond acceptors (Lipinski definition) is 6. The highest BCUT2D eigenvalue weighted by atomic mass is 16.5. The Balaban J connectivity index is 1.47. The summed E-state index contributed by atoms with van der Waals surface area (Å²) < 4.78 is 9.69. The van der Waals surface area contributed by atoms with E-state index in [1.165, 1.54) is 16.8 Å². The summed E-state index contributed by atoms with van der Waals surface area (Å²) in [5, 5.41) is 18.6. The second-order valence-electron chi connectivity index (χ2n) is 10.1. The van der Waals surface area contributed by atoms with Crippen LogP contribution in [-0.4, -0.2) is 55.2 Å². The molecule has 1 aliphatic rings. The fourth-order valence-electron chi connectivity index (χ4n) is 5.45. The number of amides is 1. The molecule has 2 N–H and O–H groups in total. The quantitative estimate of drug-likeness (QED) is 0.363. The van der Waals surface area contributed by atoms with Gasteiger partial charge in [-0.3, -0.25) is 14.3 Å². The molecule has 40 heavy (non-hydrogen) atoms. The van der Waals surface area contributed by atoms with Gasteiger partial charge in [0, 0.05) is 50.0 Å². The van der Waals surface area contributed by atoms with Gasteiger partial charge in [-0.1, -0.05) is 30.3 Å². The molecule has 1 fully saturated rings. The van der Waals surface area contributed by atoms with Gasteiger partial charge in [-0.2, -0.15) is 5.10 Å². The molecule has 0 saturated carbocycles. The van der Waals surface area contributed by atoms with Crippen molar-refractivity contribution in [2.45, 2.75) is 45.2 Å². The maximum absolute atomic E-state index is 13.4. The number of carbonyl (C=O) groups is 2. The first kappa shape index (κ1) is 27.1. The van der Waals surface area contributed by atoms with Crippen LogP contribution in [0.25, 0.3) is 16.5 Å². The zero-order chi connectivity index (χ0) is 28.6. The molecule has 0 unspecified atom stereocenters. The summed E-state index contributed by atoms with van der Waals surface area (Å²) in [4.78, 5) is 51.1. The van der Waals surface area contributed by atoms with E-state index in [9.17, 15) is 24.3 Å². The highest BCUT2D eigenvalue weighted by Crippen LogP contribution is 2.27. The molecule has 4 aromatic rings. The molecule has 1 atom stereocenters. The number of benzene rings is 2. The van der Waals surface area contributed by atoms with Gasteiger partial charge in [0.1, 0.15) is 6.04 Å². The zero-order valence-corrected chi connectivity index (χ0v) is 22.6. The molecule has 1 amide bonds. The number of rotatable bonds is 7. The van der Waals surface area contributed by atoms with E-state index in [-0.39, 0.29) is 12.5 Å². The Morgan fingerprint density at radius 2 is 1.77 bits per heavy atom. The Bertz CT molecular complexity index is 1730. The van der Waals surface area contributed by atoms with E-state index in [4.69, 9.17) is 4.74 Å². The lowest BCUT2D eigenvalue weighted by atomic mass is 9.97. The van der Waals surface area contributed by atoms with Crippen LogP contribution >= 0.6 is 0 Å². The van der Waals surface area contributed by atoms with E-state index >= 15 is 0 Å². The largest absolute Gasteiger partial charge is 0.480 e. The van der Waals surface area contributed by atoms with Crippen molar-refractivity contribution in [1.82, 2.24) is 24.2 Å². The summed E-state index contributed by atoms with van der Waals surface area (Å²) in [5.41, 5.74) is 1.69. The molecule has 11 nitrogen and oxygen atoms in total. The van der Waals surface area contributed by atoms with E-state index in [1.54, 1.807) is 50.4 Å². The number of carboxylic acid groups (broad SMARTS) is 1. The zero-order valence-electron chi connectivity index (χ0n) is 22.6. The standard InChI is InChI=1S/C29H31N5O6/c1-17-26(18(2)34(31-17)20-11-14-40-15-12-20)27(36)30-23(28(37)38)16-19-6-4-8-22-21(19)7-5-9-24(22)33-25(35)10-13-32(3)29(33)39/h4-10,13,20,23H,11-12,14-16H2,1-3H3,(H,30,36)(H,37,38)/t23-/m0/s1. The van der Waals surface area contributed by atoms with Gasteiger partial charge in [0.2, 0.25) is 0 Å². The molecule has 5 rings (SSSR count). The highest BCUT2D eigenvalue weighted by Gasteiger charge is 2.28. The van der Waals surface area contributed by atoms with Gasteiger partial charge in [0.05, 0.1) is 23.0 Å². The molecule has 0 radical (unpaired) electrons. The SMILES string of the molecule is Cc1nn(C2CCOCC2)c(C)c1C(=O)N[C@@H](Cc1cccc2c(-n3c(=O)ccn(C)c3=O)cccc12)C(=O)O. The number of fused-ring (bicyclic) bond motifs is 1. The Morgan fingerprint density at radius 1 is 1.07 bits per heavy atom. The maximum atomic E-state index is 13.4. The molecule has 2 aromatic heterocycles. The van der Waals surface area contributed by atoms with Crippen molar-refractivity contribution in [2.24, 2.45) is 7.05 Å². The first-order chi connectivity index (χ1) is 19.2. The Kier molecular flexibility index (Phi) is 7.40. The average Bonchev–Trinajstić information content (AvgIpc) is 3.24. The van der Waals surface area contributed by atoms with E-state index in [0.29, 0.717) is 52.2 Å². The minimum absolute atomic E-state index is 0.00421. The van der Waals surface area contributed by atoms with Gasteiger partial charge in [-0.25, -0.2) is 14.2 Å². The van der Waals surface area contributed by atoms with Gasteiger partial charge in [0.15, 0.2) is 0 Å². The van der Waals surface area contributed by atoms with Gasteiger partial charge in [0.25, 0.3) is 11.5 Å². The molecule has 0 spiro atoms. The lowest BCUT2D eigenvalue weighted by molar-refractivity contribution is -0.139. The second kappa shape index (κ2) is 10.9. The third-order valence-electron chi connectivity index (χ3n) is 7.50. The van der Waals surface area contributed by atoms with Crippen LogP contribution in [-0.2, 0) is 23.0 Å². The Labute approximate surface area is 229 Å². The first-order valence-electron chi connectivity index (χ1n) is 13.1. The van der Waals surface area contributed by atoms with Crippen molar-refractivity contribution in [3.8, 4) is 5.69 Å². The van der Waals surface area contributed by atoms with Crippen molar-refractivity contribution >= 4 is 22.6 Å². The maximum Gasteiger partial charge on any atom is 0.335 e. The summed E-state index contributed by atoms with van der Waals surface area (Å²) in [6.07, 6.45) is 3.00. The van der Waals surface area contributed by atoms with Gasteiger partial charge in [-0.15, -0.1) is 0 Å². The monoisotopic (exact) mass is 545 g/mol. The molecule has 208 valence electrons. The van der Waals surface area contributed by atoms with Crippen LogP contribution in [0.4, 0.5) is 0 Å². The van der Waals surface area contributed by atoms with Crippen molar-refractivity contribution in [1.29, 1.82) is 0 Å². The van der Waals surface area contributed by atoms with Crippen LogP contribution in [0.15, 0.2) is 58.3 Å². The molecule has 0 aliphatic carbocycles. The number of carboxylic acids is 1. The second-order valence-corrected chi connectivity index (χ2v) is 10.1. The molecular weight excluding hydrogens is 514 g/mol. The van der Waals surface area contributed by atoms with E-state index in [2.05, 4.69) is 10.4 Å². The van der Waals surface area contributed by atoms with Crippen LogP contribution in [0, 0.1) is 13.8 Å². The minimum atomic E-state index is -1.22. The summed E-state index contributed by atoms with van der Waals surface area (Å²) in [5.74, 6) is -1.68. The molecule has 3 heterocycles. The average molecular weight is 546 g/mol. The van der Waals surface area contributed by atoms with Crippen molar-refractivity contribution in [3.63, 3.8) is 0 Å². The number of carbonyl (C=O) groups excluding carboxylic acids is 1. The van der Waals surface area contributed by atoms with Crippen LogP contribution in [0.5, 0.6) is 0 Å². The van der Waals surface area contributed by atoms with E-state index in [0.717, 1.165) is 17.4 Å². The molecule has 1 aliphatic heterocycles. The minimum Gasteiger partial charge on any atom is -0.480 e. The summed E-state index contributed by atoms with van der Waals surface area (Å²) >= 11 is 0. The van der Waals surface area contributed by atoms with Gasteiger partial charge < -0.3 is 19.7 Å². The first-order valence-corrected chi connectivity index (χ1v) is 13.1. The van der Waals surface area contributed by atoms with Crippen molar-refractivity contribution in [2.75, 3.05) is 13.2 Å². The topological polar surface area (TPSA) is 137 Å². The van der Waals surface area contributed by atoms with Crippen molar-refractivity contribution < 1.29 is 19.4 Å². The Morgan fingerprint density at radius 3 is 2.50 bits per heavy atom. The third-order valence-corrected chi connectivity index (χ3v) is 7.50. The summed E-state index contributed by atoms with van der Waals surface area (Å²) in [6, 6.07) is 10.7. The van der Waals surface area contributed by atoms with E-state index < -0.39 is 29.2 Å². The summed E-state index contributed by atoms with van der Waals surface area (Å²) in [7, 11) is 1.56. The van der Waals surface area contributed by atoms with E-state index in [1.807, 2.05) is 11.6 Å². The molecule has 0 bridgehead atoms. The van der Waals surface area contributed by atoms with Crippen molar-refractivity contribution in [3.05, 3.63) is 92.0 Å². The lowest BCUT2D eigenvalue weighted by Gasteiger charge is -2.23. The number of nitrogens with one attached hydrogen (secondary N) is 1. The van der Waals surface area contributed by atoms with Crippen LogP contribution in [0.2, 0.25) is 0 Å². The lowest BCUT2D eigenvalue weighted by Crippen LogP contribution is -2.42. The number of aromatic nitrogens is 4. The number of hydrogen-bond donors (Lipinski definition) is 2. The fourth-order valence-corrected chi connectivity index (χ4v) is 5.45. The molecular formula is C29H31N5O6. The Hall–Kier alpha value is -4.51. The predicted molar refractivity (Wildman–Crippen MR) is 148 cm³/mol. The molecule has 11 heteroatoms. The number of nitrogens with zero attached hydrogens (tertiary/aromatic N) is 4. The number of ether oxygens (including phenoxy) is 1. The summed E-state index contributed by atoms with van der Waals surface area (Å²) in [6.45, 7) is 4.83. The van der Waals surface area contributed by atoms with Gasteiger partial charge in [-0.05, 0) is 43.7 Å². The molecule has 1 saturated heterocycles. The number of aryl methyl sites for hydroxylation is 2. The predicted octanol–water partition coefficient (Wildman–Crippen LogP) is 2.28. The van der Waals surface area contributed by atoms with Crippen LogP contribution in [0.3, 0.4) is 0 Å². The molecule has 2 aromatic carbocycles. The number of aliphatic carboxylic acids is 1. The normalized spacial score (nSPS) is 14.8. The smallest absolute Gasteiger partial charge is 0.335 e. The van der Waals surface area contributed by atoms with Gasteiger partial charge >= 0.3 is 11.7 Å². The fraction of sp³-hybridized carbons (Fsp3) is 0.345. The van der Waals surface area contributed by atoms with Crippen LogP contribution in [0.1, 0.15) is 46.2 Å². The van der Waals surface area contributed by atoms with Crippen LogP contribution < -0.4 is 16.6 Å².